The van der Waals surface area contributed by atoms with Gasteiger partial charge in [0.25, 0.3) is 0 Å². The lowest BCUT2D eigenvalue weighted by Gasteiger charge is -2.14. The monoisotopic (exact) mass is 367 g/mol. The molecule has 0 aliphatic rings. The number of halogens is 1. The summed E-state index contributed by atoms with van der Waals surface area (Å²) in [7, 11) is 0. The summed E-state index contributed by atoms with van der Waals surface area (Å²) in [6.07, 6.45) is -1.01. The number of carbonyl (C=O) groups is 2. The van der Waals surface area contributed by atoms with E-state index in [-0.39, 0.29) is 13.0 Å². The summed E-state index contributed by atoms with van der Waals surface area (Å²) in [4.78, 5) is 22.7. The topological polar surface area (TPSA) is 88.8 Å². The highest BCUT2D eigenvalue weighted by atomic mass is 79.9. The summed E-state index contributed by atoms with van der Waals surface area (Å²) < 4.78 is 10.8. The maximum Gasteiger partial charge on any atom is 0.408 e. The highest BCUT2D eigenvalue weighted by molar-refractivity contribution is 9.10. The van der Waals surface area contributed by atoms with Crippen LogP contribution in [0.1, 0.15) is 23.8 Å². The molecule has 0 radical (unpaired) electrons. The molecule has 2 rings (SSSR count). The van der Waals surface area contributed by atoms with Gasteiger partial charge in [0.05, 0.1) is 6.42 Å². The number of hydrogen-bond acceptors (Lipinski definition) is 4. The van der Waals surface area contributed by atoms with Gasteiger partial charge < -0.3 is 19.6 Å². The molecule has 7 heteroatoms. The number of ether oxygens (including phenoxy) is 1. The van der Waals surface area contributed by atoms with Gasteiger partial charge in [-0.3, -0.25) is 4.79 Å². The molecule has 0 aliphatic carbocycles. The Balaban J connectivity index is 1.94. The third-order valence-electron chi connectivity index (χ3n) is 2.82. The van der Waals surface area contributed by atoms with E-state index in [9.17, 15) is 9.59 Å². The molecule has 0 bridgehead atoms. The smallest absolute Gasteiger partial charge is 0.408 e. The van der Waals surface area contributed by atoms with Crippen LogP contribution in [0.2, 0.25) is 0 Å². The fraction of sp³-hybridized carbons (Fsp3) is 0.200. The van der Waals surface area contributed by atoms with Crippen LogP contribution in [-0.4, -0.2) is 17.2 Å². The Morgan fingerprint density at radius 2 is 1.95 bits per heavy atom. The number of carboxylic acid groups (broad SMARTS) is 1. The van der Waals surface area contributed by atoms with Crippen LogP contribution in [0.25, 0.3) is 0 Å². The lowest BCUT2D eigenvalue weighted by Crippen LogP contribution is -2.30. The Morgan fingerprint density at radius 1 is 1.23 bits per heavy atom. The van der Waals surface area contributed by atoms with Crippen LogP contribution in [-0.2, 0) is 16.1 Å². The zero-order chi connectivity index (χ0) is 15.9. The number of alkyl carbamates (subject to hydrolysis) is 1. The second-order valence-corrected chi connectivity index (χ2v) is 5.28. The Bertz CT molecular complexity index is 640. The molecule has 0 unspecified atom stereocenters. The van der Waals surface area contributed by atoms with Gasteiger partial charge >= 0.3 is 12.1 Å². The highest BCUT2D eigenvalue weighted by Crippen LogP contribution is 2.23. The summed E-state index contributed by atoms with van der Waals surface area (Å²) in [5.74, 6) is -0.716. The number of carboxylic acids is 1. The first-order chi connectivity index (χ1) is 10.5. The molecule has 6 nitrogen and oxygen atoms in total. The number of carbonyl (C=O) groups excluding carboxylic acids is 1. The van der Waals surface area contributed by atoms with Gasteiger partial charge in [0.2, 0.25) is 0 Å². The van der Waals surface area contributed by atoms with Crippen LogP contribution in [0.15, 0.2) is 51.6 Å². The Kier molecular flexibility index (Phi) is 5.60. The van der Waals surface area contributed by atoms with E-state index < -0.39 is 18.1 Å². The van der Waals surface area contributed by atoms with Gasteiger partial charge in [0.15, 0.2) is 4.67 Å². The molecule has 1 heterocycles. The first-order valence-corrected chi connectivity index (χ1v) is 7.28. The molecule has 0 fully saturated rings. The molecule has 1 amide bonds. The fourth-order valence-corrected chi connectivity index (χ4v) is 2.14. The van der Waals surface area contributed by atoms with Crippen molar-refractivity contribution in [2.75, 3.05) is 0 Å². The number of rotatable bonds is 6. The fourth-order valence-electron chi connectivity index (χ4n) is 1.82. The number of amides is 1. The number of furan rings is 1. The van der Waals surface area contributed by atoms with Crippen LogP contribution >= 0.6 is 15.9 Å². The molecular weight excluding hydrogens is 354 g/mol. The van der Waals surface area contributed by atoms with E-state index in [1.807, 2.05) is 30.3 Å². The lowest BCUT2D eigenvalue weighted by atomic mass is 10.1. The van der Waals surface area contributed by atoms with Gasteiger partial charge in [-0.05, 0) is 33.6 Å². The van der Waals surface area contributed by atoms with Crippen molar-refractivity contribution in [2.45, 2.75) is 19.1 Å². The van der Waals surface area contributed by atoms with Crippen molar-refractivity contribution in [3.63, 3.8) is 0 Å². The largest absolute Gasteiger partial charge is 0.481 e. The summed E-state index contributed by atoms with van der Waals surface area (Å²) in [6.45, 7) is 0.105. The first-order valence-electron chi connectivity index (χ1n) is 6.49. The van der Waals surface area contributed by atoms with Gasteiger partial charge in [-0.1, -0.05) is 30.3 Å². The van der Waals surface area contributed by atoms with Crippen LogP contribution < -0.4 is 5.32 Å². The van der Waals surface area contributed by atoms with E-state index in [1.165, 1.54) is 0 Å². The van der Waals surface area contributed by atoms with Crippen LogP contribution in [0, 0.1) is 0 Å². The third-order valence-corrected chi connectivity index (χ3v) is 3.25. The quantitative estimate of drug-likeness (QED) is 0.815. The predicted octanol–water partition coefficient (Wildman–Crippen LogP) is 3.48. The molecular formula is C15H14BrNO5. The van der Waals surface area contributed by atoms with Gasteiger partial charge in [-0.25, -0.2) is 4.79 Å². The Hall–Kier alpha value is -2.28. The minimum atomic E-state index is -1.05. The van der Waals surface area contributed by atoms with Crippen molar-refractivity contribution in [3.8, 4) is 0 Å². The molecule has 0 saturated heterocycles. The van der Waals surface area contributed by atoms with E-state index in [1.54, 1.807) is 12.1 Å². The maximum atomic E-state index is 11.8. The minimum Gasteiger partial charge on any atom is -0.481 e. The van der Waals surface area contributed by atoms with Crippen molar-refractivity contribution < 1.29 is 23.8 Å². The molecule has 0 spiro atoms. The molecule has 1 aromatic carbocycles. The van der Waals surface area contributed by atoms with Gasteiger partial charge in [0, 0.05) is 0 Å². The number of aliphatic carboxylic acids is 1. The van der Waals surface area contributed by atoms with Crippen molar-refractivity contribution in [3.05, 3.63) is 58.5 Å². The summed E-state index contributed by atoms with van der Waals surface area (Å²) in [5, 5.41) is 11.4. The molecule has 2 N–H and O–H groups in total. The van der Waals surface area contributed by atoms with Crippen molar-refractivity contribution in [2.24, 2.45) is 0 Å². The SMILES string of the molecule is O=C(O)C[C@H](NC(=O)OCc1ccccc1)c1ccc(Br)o1. The molecule has 2 aromatic rings. The van der Waals surface area contributed by atoms with E-state index in [2.05, 4.69) is 21.2 Å². The second kappa shape index (κ2) is 7.65. The Labute approximate surface area is 135 Å². The first kappa shape index (κ1) is 16.1. The standard InChI is InChI=1S/C15H14BrNO5/c16-13-7-6-12(22-13)11(8-14(18)19)17-15(20)21-9-10-4-2-1-3-5-10/h1-7,11H,8-9H2,(H,17,20)(H,18,19)/t11-/m0/s1. The molecule has 1 aromatic heterocycles. The zero-order valence-corrected chi connectivity index (χ0v) is 13.1. The Morgan fingerprint density at radius 3 is 2.55 bits per heavy atom. The summed E-state index contributed by atoms with van der Waals surface area (Å²) >= 11 is 3.14. The van der Waals surface area contributed by atoms with Gasteiger partial charge in [0.1, 0.15) is 18.4 Å². The predicted molar refractivity (Wildman–Crippen MR) is 81.2 cm³/mol. The van der Waals surface area contributed by atoms with Crippen molar-refractivity contribution in [1.29, 1.82) is 0 Å². The molecule has 1 atom stereocenters. The zero-order valence-electron chi connectivity index (χ0n) is 11.5. The van der Waals surface area contributed by atoms with Crippen molar-refractivity contribution >= 4 is 28.0 Å². The second-order valence-electron chi connectivity index (χ2n) is 4.50. The maximum absolute atomic E-state index is 11.8. The summed E-state index contributed by atoms with van der Waals surface area (Å²) in [6, 6.07) is 11.6. The van der Waals surface area contributed by atoms with Crippen molar-refractivity contribution in [1.82, 2.24) is 5.32 Å². The van der Waals surface area contributed by atoms with Crippen LogP contribution in [0.4, 0.5) is 4.79 Å². The average Bonchev–Trinajstić information content (AvgIpc) is 2.92. The molecule has 116 valence electrons. The van der Waals surface area contributed by atoms with E-state index in [0.717, 1.165) is 5.56 Å². The van der Waals surface area contributed by atoms with Crippen LogP contribution in [0.3, 0.4) is 0 Å². The molecule has 0 saturated carbocycles. The minimum absolute atomic E-state index is 0.105. The number of benzene rings is 1. The van der Waals surface area contributed by atoms with E-state index in [0.29, 0.717) is 10.4 Å². The van der Waals surface area contributed by atoms with Gasteiger partial charge in [-0.2, -0.15) is 0 Å². The average molecular weight is 368 g/mol. The third kappa shape index (κ3) is 4.92. The lowest BCUT2D eigenvalue weighted by molar-refractivity contribution is -0.137. The van der Waals surface area contributed by atoms with Crippen LogP contribution in [0.5, 0.6) is 0 Å². The number of nitrogens with one attached hydrogen (secondary N) is 1. The van der Waals surface area contributed by atoms with Gasteiger partial charge in [-0.15, -0.1) is 0 Å². The molecule has 0 aliphatic heterocycles. The summed E-state index contributed by atoms with van der Waals surface area (Å²) in [5.41, 5.74) is 0.841. The highest BCUT2D eigenvalue weighted by Gasteiger charge is 2.22. The normalized spacial score (nSPS) is 11.7. The van der Waals surface area contributed by atoms with E-state index >= 15 is 0 Å². The number of hydrogen-bond donors (Lipinski definition) is 2. The van der Waals surface area contributed by atoms with E-state index in [4.69, 9.17) is 14.3 Å². The molecule has 22 heavy (non-hydrogen) atoms.